The average molecular weight is 433 g/mol. The molecular formula is C19H17BrN2O3S. The number of amides is 1. The Bertz CT molecular complexity index is 894. The van der Waals surface area contributed by atoms with Crippen molar-refractivity contribution >= 4 is 50.5 Å². The lowest BCUT2D eigenvalue weighted by molar-refractivity contribution is -0.121. The summed E-state index contributed by atoms with van der Waals surface area (Å²) in [5.74, 6) is 1.25. The van der Waals surface area contributed by atoms with Crippen molar-refractivity contribution in [3.8, 4) is 11.5 Å². The van der Waals surface area contributed by atoms with E-state index in [1.54, 1.807) is 32.2 Å². The van der Waals surface area contributed by atoms with Crippen LogP contribution in [0.5, 0.6) is 11.5 Å². The van der Waals surface area contributed by atoms with E-state index >= 15 is 0 Å². The normalized spacial score (nSPS) is 17.2. The summed E-state index contributed by atoms with van der Waals surface area (Å²) in [7, 11) is 4.91. The van der Waals surface area contributed by atoms with Crippen LogP contribution in [0.1, 0.15) is 5.56 Å². The Hall–Kier alpha value is -2.25. The zero-order chi connectivity index (χ0) is 18.7. The van der Waals surface area contributed by atoms with Gasteiger partial charge in [0.05, 0.1) is 24.8 Å². The number of hydrogen-bond acceptors (Lipinski definition) is 5. The van der Waals surface area contributed by atoms with Crippen molar-refractivity contribution in [2.24, 2.45) is 4.99 Å². The molecule has 0 unspecified atom stereocenters. The number of nitrogens with zero attached hydrogens (tertiary/aromatic N) is 2. The van der Waals surface area contributed by atoms with Crippen LogP contribution in [0.15, 0.2) is 56.8 Å². The van der Waals surface area contributed by atoms with Gasteiger partial charge < -0.3 is 9.47 Å². The monoisotopic (exact) mass is 432 g/mol. The van der Waals surface area contributed by atoms with Gasteiger partial charge in [0.25, 0.3) is 5.91 Å². The Morgan fingerprint density at radius 3 is 2.50 bits per heavy atom. The van der Waals surface area contributed by atoms with Gasteiger partial charge in [0, 0.05) is 23.2 Å². The molecule has 134 valence electrons. The number of ether oxygens (including phenoxy) is 2. The van der Waals surface area contributed by atoms with Gasteiger partial charge in [-0.25, -0.2) is 4.99 Å². The zero-order valence-corrected chi connectivity index (χ0v) is 16.9. The lowest BCUT2D eigenvalue weighted by Crippen LogP contribution is -2.23. The topological polar surface area (TPSA) is 51.1 Å². The molecule has 0 atom stereocenters. The van der Waals surface area contributed by atoms with E-state index in [4.69, 9.17) is 9.47 Å². The van der Waals surface area contributed by atoms with Gasteiger partial charge >= 0.3 is 0 Å². The number of carbonyl (C=O) groups is 1. The van der Waals surface area contributed by atoms with Gasteiger partial charge in [-0.05, 0) is 54.2 Å². The maximum absolute atomic E-state index is 12.6. The van der Waals surface area contributed by atoms with Crippen LogP contribution >= 0.6 is 27.7 Å². The number of likely N-dealkylation sites (N-methyl/N-ethyl adjacent to an activating group) is 1. The number of carbonyl (C=O) groups excluding carboxylic acids is 1. The molecule has 0 N–H and O–H groups in total. The van der Waals surface area contributed by atoms with Crippen LogP contribution in [0, 0.1) is 0 Å². The molecule has 3 rings (SSSR count). The third-order valence-electron chi connectivity index (χ3n) is 3.78. The molecule has 1 saturated heterocycles. The van der Waals surface area contributed by atoms with E-state index in [1.165, 1.54) is 11.8 Å². The fraction of sp³-hybridized carbons (Fsp3) is 0.158. The quantitative estimate of drug-likeness (QED) is 0.656. The highest BCUT2D eigenvalue weighted by atomic mass is 79.9. The number of rotatable bonds is 4. The maximum atomic E-state index is 12.6. The maximum Gasteiger partial charge on any atom is 0.266 e. The lowest BCUT2D eigenvalue weighted by Gasteiger charge is -2.08. The fourth-order valence-corrected chi connectivity index (χ4v) is 3.60. The molecule has 1 aliphatic rings. The second-order valence-corrected chi connectivity index (χ2v) is 7.38. The number of aliphatic imine (C=N–C) groups is 1. The smallest absolute Gasteiger partial charge is 0.266 e. The molecule has 2 aromatic carbocycles. The lowest BCUT2D eigenvalue weighted by atomic mass is 10.1. The minimum Gasteiger partial charge on any atom is -0.497 e. The van der Waals surface area contributed by atoms with Gasteiger partial charge in [-0.3, -0.25) is 9.69 Å². The van der Waals surface area contributed by atoms with Crippen LogP contribution < -0.4 is 9.47 Å². The standard InChI is InChI=1S/C19H17BrN2O3S/c1-22-18(23)17(10-12-4-9-15(24-2)11-16(12)25-3)26-19(22)21-14-7-5-13(20)6-8-14/h4-11H,1-3H3. The van der Waals surface area contributed by atoms with E-state index in [9.17, 15) is 4.79 Å². The fourth-order valence-electron chi connectivity index (χ4n) is 2.36. The van der Waals surface area contributed by atoms with E-state index in [1.807, 2.05) is 42.5 Å². The van der Waals surface area contributed by atoms with Crippen LogP contribution in [0.3, 0.4) is 0 Å². The molecule has 0 aliphatic carbocycles. The van der Waals surface area contributed by atoms with E-state index in [2.05, 4.69) is 20.9 Å². The van der Waals surface area contributed by atoms with Gasteiger partial charge in [-0.15, -0.1) is 0 Å². The molecule has 1 heterocycles. The predicted molar refractivity (Wildman–Crippen MR) is 109 cm³/mol. The average Bonchev–Trinajstić information content (AvgIpc) is 2.92. The minimum atomic E-state index is -0.0938. The van der Waals surface area contributed by atoms with Gasteiger partial charge in [0.15, 0.2) is 5.17 Å². The Morgan fingerprint density at radius 2 is 1.85 bits per heavy atom. The molecule has 26 heavy (non-hydrogen) atoms. The molecule has 7 heteroatoms. The number of hydrogen-bond donors (Lipinski definition) is 0. The van der Waals surface area contributed by atoms with E-state index < -0.39 is 0 Å². The first-order valence-corrected chi connectivity index (χ1v) is 9.36. The Labute approximate surface area is 164 Å². The summed E-state index contributed by atoms with van der Waals surface area (Å²) in [5.41, 5.74) is 1.60. The van der Waals surface area contributed by atoms with Crippen LogP contribution in [0.25, 0.3) is 6.08 Å². The summed E-state index contributed by atoms with van der Waals surface area (Å²) in [4.78, 5) is 19.3. The van der Waals surface area contributed by atoms with Crippen molar-refractivity contribution in [3.05, 3.63) is 57.4 Å². The summed E-state index contributed by atoms with van der Waals surface area (Å²) in [6.07, 6.45) is 1.81. The molecule has 0 radical (unpaired) electrons. The molecule has 1 fully saturated rings. The predicted octanol–water partition coefficient (Wildman–Crippen LogP) is 4.70. The third kappa shape index (κ3) is 3.94. The molecule has 1 amide bonds. The van der Waals surface area contributed by atoms with Crippen molar-refractivity contribution in [1.29, 1.82) is 0 Å². The third-order valence-corrected chi connectivity index (χ3v) is 5.37. The van der Waals surface area contributed by atoms with E-state index in [-0.39, 0.29) is 5.91 Å². The zero-order valence-electron chi connectivity index (χ0n) is 14.5. The first kappa shape index (κ1) is 18.5. The summed E-state index contributed by atoms with van der Waals surface area (Å²) in [5, 5.41) is 0.635. The van der Waals surface area contributed by atoms with Crippen molar-refractivity contribution in [3.63, 3.8) is 0 Å². The molecular weight excluding hydrogens is 416 g/mol. The largest absolute Gasteiger partial charge is 0.497 e. The highest BCUT2D eigenvalue weighted by molar-refractivity contribution is 9.10. The summed E-state index contributed by atoms with van der Waals surface area (Å²) in [6.45, 7) is 0. The first-order valence-electron chi connectivity index (χ1n) is 7.75. The van der Waals surface area contributed by atoms with Crippen molar-refractivity contribution in [1.82, 2.24) is 4.90 Å². The summed E-state index contributed by atoms with van der Waals surface area (Å²) in [6, 6.07) is 13.1. The summed E-state index contributed by atoms with van der Waals surface area (Å²) >= 11 is 4.74. The number of halogens is 1. The molecule has 0 bridgehead atoms. The Morgan fingerprint density at radius 1 is 1.12 bits per heavy atom. The molecule has 0 spiro atoms. The van der Waals surface area contributed by atoms with Crippen molar-refractivity contribution < 1.29 is 14.3 Å². The number of methoxy groups -OCH3 is 2. The van der Waals surface area contributed by atoms with Crippen molar-refractivity contribution in [2.75, 3.05) is 21.3 Å². The number of benzene rings is 2. The molecule has 0 saturated carbocycles. The highest BCUT2D eigenvalue weighted by Gasteiger charge is 2.30. The first-order chi connectivity index (χ1) is 12.5. The molecule has 2 aromatic rings. The van der Waals surface area contributed by atoms with Crippen LogP contribution in [0.4, 0.5) is 5.69 Å². The Balaban J connectivity index is 1.91. The van der Waals surface area contributed by atoms with Crippen LogP contribution in [-0.4, -0.2) is 37.2 Å². The summed E-state index contributed by atoms with van der Waals surface area (Å²) < 4.78 is 11.6. The Kier molecular flexibility index (Phi) is 5.68. The molecule has 1 aliphatic heterocycles. The second kappa shape index (κ2) is 7.97. The van der Waals surface area contributed by atoms with Crippen LogP contribution in [-0.2, 0) is 4.79 Å². The van der Waals surface area contributed by atoms with Crippen molar-refractivity contribution in [2.45, 2.75) is 0 Å². The number of thioether (sulfide) groups is 1. The van der Waals surface area contributed by atoms with Gasteiger partial charge in [0.1, 0.15) is 11.5 Å². The molecule has 5 nitrogen and oxygen atoms in total. The SMILES string of the molecule is COc1ccc(C=C2SC(=Nc3ccc(Br)cc3)N(C)C2=O)c(OC)c1. The van der Waals surface area contributed by atoms with Gasteiger partial charge in [-0.2, -0.15) is 0 Å². The highest BCUT2D eigenvalue weighted by Crippen LogP contribution is 2.35. The van der Waals surface area contributed by atoms with Crippen LogP contribution in [0.2, 0.25) is 0 Å². The van der Waals surface area contributed by atoms with E-state index in [0.29, 0.717) is 21.6 Å². The van der Waals surface area contributed by atoms with Gasteiger partial charge in [-0.1, -0.05) is 15.9 Å². The minimum absolute atomic E-state index is 0.0938. The van der Waals surface area contributed by atoms with Gasteiger partial charge in [0.2, 0.25) is 0 Å². The molecule has 0 aromatic heterocycles. The second-order valence-electron chi connectivity index (χ2n) is 5.45. The number of amidine groups is 1. The van der Waals surface area contributed by atoms with E-state index in [0.717, 1.165) is 15.7 Å².